The summed E-state index contributed by atoms with van der Waals surface area (Å²) < 4.78 is 5.86. The molecule has 6 heteroatoms. The van der Waals surface area contributed by atoms with E-state index in [0.29, 0.717) is 24.1 Å². The highest BCUT2D eigenvalue weighted by atomic mass is 16.5. The molecule has 0 aromatic heterocycles. The van der Waals surface area contributed by atoms with Gasteiger partial charge in [-0.2, -0.15) is 0 Å². The van der Waals surface area contributed by atoms with Crippen molar-refractivity contribution in [3.05, 3.63) is 0 Å². The van der Waals surface area contributed by atoms with Crippen LogP contribution in [0.25, 0.3) is 0 Å². The number of hydrogen-bond donors (Lipinski definition) is 2. The highest BCUT2D eigenvalue weighted by Crippen LogP contribution is 2.52. The third-order valence-electron chi connectivity index (χ3n) is 5.90. The molecule has 2 N–H and O–H groups in total. The van der Waals surface area contributed by atoms with Crippen LogP contribution in [0.2, 0.25) is 0 Å². The number of hydrogen-bond acceptors (Lipinski definition) is 3. The molecule has 3 fully saturated rings. The molecular formula is C17H30N4O2. The average molecular weight is 322 g/mol. The standard InChI is InChI=1S/C17H30N4O2/c1-11(22)21-8-5-12(6-9-21)19-16(18-4)20-14-13-7-10-23-15(13)17(14,2)3/h12-15H,5-10H2,1-4H3,(H2,18,19,20). The molecule has 0 radical (unpaired) electrons. The molecule has 2 aliphatic heterocycles. The van der Waals surface area contributed by atoms with E-state index in [1.165, 1.54) is 0 Å². The molecule has 1 amide bonds. The fraction of sp³-hybridized carbons (Fsp3) is 0.882. The fourth-order valence-electron chi connectivity index (χ4n) is 4.47. The van der Waals surface area contributed by atoms with E-state index >= 15 is 0 Å². The van der Waals surface area contributed by atoms with E-state index in [9.17, 15) is 4.79 Å². The Kier molecular flexibility index (Phi) is 4.54. The molecule has 130 valence electrons. The van der Waals surface area contributed by atoms with Crippen LogP contribution in [0.1, 0.15) is 40.0 Å². The van der Waals surface area contributed by atoms with Crippen LogP contribution in [0.4, 0.5) is 0 Å². The van der Waals surface area contributed by atoms with E-state index in [2.05, 4.69) is 29.5 Å². The second-order valence-corrected chi connectivity index (χ2v) is 7.68. The fourth-order valence-corrected chi connectivity index (χ4v) is 4.47. The summed E-state index contributed by atoms with van der Waals surface area (Å²) in [6.07, 6.45) is 3.48. The van der Waals surface area contributed by atoms with E-state index in [4.69, 9.17) is 4.74 Å². The summed E-state index contributed by atoms with van der Waals surface area (Å²) in [5.74, 6) is 1.66. The van der Waals surface area contributed by atoms with Crippen molar-refractivity contribution in [2.24, 2.45) is 16.3 Å². The van der Waals surface area contributed by atoms with Gasteiger partial charge in [0.1, 0.15) is 0 Å². The second kappa shape index (κ2) is 6.30. The Morgan fingerprint density at radius 3 is 2.52 bits per heavy atom. The summed E-state index contributed by atoms with van der Waals surface area (Å²) in [7, 11) is 1.83. The van der Waals surface area contributed by atoms with Crippen molar-refractivity contribution in [1.29, 1.82) is 0 Å². The maximum atomic E-state index is 11.4. The van der Waals surface area contributed by atoms with Crippen molar-refractivity contribution >= 4 is 11.9 Å². The van der Waals surface area contributed by atoms with Crippen molar-refractivity contribution in [1.82, 2.24) is 15.5 Å². The highest BCUT2D eigenvalue weighted by molar-refractivity contribution is 5.80. The first-order valence-electron chi connectivity index (χ1n) is 8.80. The molecule has 0 aromatic rings. The summed E-state index contributed by atoms with van der Waals surface area (Å²) in [5.41, 5.74) is 0.150. The first kappa shape index (κ1) is 16.6. The van der Waals surface area contributed by atoms with Crippen LogP contribution in [0.3, 0.4) is 0 Å². The lowest BCUT2D eigenvalue weighted by atomic mass is 9.57. The van der Waals surface area contributed by atoms with Gasteiger partial charge in [-0.15, -0.1) is 0 Å². The number of fused-ring (bicyclic) bond motifs is 1. The maximum Gasteiger partial charge on any atom is 0.219 e. The first-order chi connectivity index (χ1) is 10.9. The van der Waals surface area contributed by atoms with Crippen LogP contribution in [0.15, 0.2) is 4.99 Å². The predicted molar refractivity (Wildman–Crippen MR) is 90.3 cm³/mol. The molecule has 2 heterocycles. The van der Waals surface area contributed by atoms with Crippen LogP contribution in [-0.2, 0) is 9.53 Å². The molecule has 2 saturated heterocycles. The Balaban J connectivity index is 1.52. The highest BCUT2D eigenvalue weighted by Gasteiger charge is 2.59. The van der Waals surface area contributed by atoms with Gasteiger partial charge >= 0.3 is 0 Å². The molecular weight excluding hydrogens is 292 g/mol. The lowest BCUT2D eigenvalue weighted by molar-refractivity contribution is -0.129. The number of amides is 1. The van der Waals surface area contributed by atoms with Gasteiger partial charge in [0.25, 0.3) is 0 Å². The van der Waals surface area contributed by atoms with E-state index < -0.39 is 0 Å². The normalized spacial score (nSPS) is 33.8. The van der Waals surface area contributed by atoms with Crippen LogP contribution in [0, 0.1) is 11.3 Å². The summed E-state index contributed by atoms with van der Waals surface area (Å²) in [6.45, 7) is 8.74. The van der Waals surface area contributed by atoms with E-state index in [1.807, 2.05) is 11.9 Å². The third-order valence-corrected chi connectivity index (χ3v) is 5.90. The van der Waals surface area contributed by atoms with Crippen LogP contribution >= 0.6 is 0 Å². The van der Waals surface area contributed by atoms with Crippen LogP contribution in [0.5, 0.6) is 0 Å². The molecule has 0 spiro atoms. The molecule has 3 aliphatic rings. The molecule has 3 atom stereocenters. The second-order valence-electron chi connectivity index (χ2n) is 7.68. The SMILES string of the molecule is CN=C(NC1CCN(C(C)=O)CC1)NC1C2CCOC2C1(C)C. The summed E-state index contributed by atoms with van der Waals surface area (Å²) in [5, 5.41) is 7.17. The quantitative estimate of drug-likeness (QED) is 0.587. The Morgan fingerprint density at radius 1 is 1.22 bits per heavy atom. The van der Waals surface area contributed by atoms with Crippen molar-refractivity contribution in [3.63, 3.8) is 0 Å². The van der Waals surface area contributed by atoms with Crippen LogP contribution in [-0.4, -0.2) is 61.7 Å². The Hall–Kier alpha value is -1.30. The number of carbonyl (C=O) groups is 1. The van der Waals surface area contributed by atoms with E-state index in [0.717, 1.165) is 44.9 Å². The molecule has 0 aromatic carbocycles. The third kappa shape index (κ3) is 3.05. The van der Waals surface area contributed by atoms with Crippen molar-refractivity contribution in [3.8, 4) is 0 Å². The minimum atomic E-state index is 0.150. The first-order valence-corrected chi connectivity index (χ1v) is 8.80. The van der Waals surface area contributed by atoms with Crippen molar-refractivity contribution in [2.45, 2.75) is 58.2 Å². The number of guanidine groups is 1. The largest absolute Gasteiger partial charge is 0.377 e. The molecule has 3 unspecified atom stereocenters. The Labute approximate surface area is 139 Å². The molecule has 23 heavy (non-hydrogen) atoms. The number of carbonyl (C=O) groups excluding carboxylic acids is 1. The van der Waals surface area contributed by atoms with Gasteiger partial charge in [-0.05, 0) is 19.3 Å². The van der Waals surface area contributed by atoms with Gasteiger partial charge < -0.3 is 20.3 Å². The average Bonchev–Trinajstić information content (AvgIpc) is 2.98. The van der Waals surface area contributed by atoms with Gasteiger partial charge in [-0.3, -0.25) is 9.79 Å². The topological polar surface area (TPSA) is 66.0 Å². The van der Waals surface area contributed by atoms with Gasteiger partial charge in [0.05, 0.1) is 6.10 Å². The Bertz CT molecular complexity index is 483. The van der Waals surface area contributed by atoms with Gasteiger partial charge in [0.15, 0.2) is 5.96 Å². The monoisotopic (exact) mass is 322 g/mol. The molecule has 6 nitrogen and oxygen atoms in total. The number of aliphatic imine (C=N–C) groups is 1. The van der Waals surface area contributed by atoms with Gasteiger partial charge in [0.2, 0.25) is 5.91 Å². The predicted octanol–water partition coefficient (Wildman–Crippen LogP) is 0.976. The minimum absolute atomic E-state index is 0.150. The lowest BCUT2D eigenvalue weighted by Crippen LogP contribution is -2.68. The van der Waals surface area contributed by atoms with Crippen LogP contribution < -0.4 is 10.6 Å². The number of piperidine rings is 1. The molecule has 3 rings (SSSR count). The number of likely N-dealkylation sites (tertiary alicyclic amines) is 1. The minimum Gasteiger partial charge on any atom is -0.377 e. The Morgan fingerprint density at radius 2 is 1.91 bits per heavy atom. The number of nitrogens with zero attached hydrogens (tertiary/aromatic N) is 2. The zero-order valence-corrected chi connectivity index (χ0v) is 14.8. The zero-order chi connectivity index (χ0) is 16.6. The van der Waals surface area contributed by atoms with Gasteiger partial charge in [-0.1, -0.05) is 13.8 Å². The van der Waals surface area contributed by atoms with Gasteiger partial charge in [0, 0.05) is 57.1 Å². The molecule has 0 bridgehead atoms. The molecule has 1 saturated carbocycles. The number of rotatable bonds is 2. The summed E-state index contributed by atoms with van der Waals surface area (Å²) in [4.78, 5) is 17.7. The summed E-state index contributed by atoms with van der Waals surface area (Å²) >= 11 is 0. The van der Waals surface area contributed by atoms with Crippen molar-refractivity contribution < 1.29 is 9.53 Å². The zero-order valence-electron chi connectivity index (χ0n) is 14.8. The van der Waals surface area contributed by atoms with E-state index in [1.54, 1.807) is 6.92 Å². The number of ether oxygens (including phenoxy) is 1. The van der Waals surface area contributed by atoms with E-state index in [-0.39, 0.29) is 11.3 Å². The van der Waals surface area contributed by atoms with Gasteiger partial charge in [-0.25, -0.2) is 0 Å². The summed E-state index contributed by atoms with van der Waals surface area (Å²) in [6, 6.07) is 0.800. The number of nitrogens with one attached hydrogen (secondary N) is 2. The maximum absolute atomic E-state index is 11.4. The van der Waals surface area contributed by atoms with Crippen molar-refractivity contribution in [2.75, 3.05) is 26.7 Å². The molecule has 1 aliphatic carbocycles. The smallest absolute Gasteiger partial charge is 0.219 e. The lowest BCUT2D eigenvalue weighted by Gasteiger charge is -2.55.